The van der Waals surface area contributed by atoms with E-state index in [9.17, 15) is 9.90 Å². The molecule has 4 heteroatoms. The highest BCUT2D eigenvalue weighted by Crippen LogP contribution is 2.24. The van der Waals surface area contributed by atoms with Crippen molar-refractivity contribution in [3.63, 3.8) is 0 Å². The number of aliphatic hydroxyl groups excluding tert-OH is 1. The summed E-state index contributed by atoms with van der Waals surface area (Å²) < 4.78 is 0. The Morgan fingerprint density at radius 2 is 1.90 bits per heavy atom. The van der Waals surface area contributed by atoms with Crippen molar-refractivity contribution < 1.29 is 9.90 Å². The van der Waals surface area contributed by atoms with Crippen molar-refractivity contribution in [1.82, 2.24) is 5.32 Å². The van der Waals surface area contributed by atoms with Crippen LogP contribution in [-0.4, -0.2) is 35.2 Å². The Labute approximate surface area is 126 Å². The van der Waals surface area contributed by atoms with Crippen molar-refractivity contribution in [2.45, 2.75) is 44.4 Å². The number of hydrogen-bond acceptors (Lipinski definition) is 3. The molecule has 0 radical (unpaired) electrons. The molecule has 0 spiro atoms. The van der Waals surface area contributed by atoms with E-state index in [2.05, 4.69) is 5.32 Å². The van der Waals surface area contributed by atoms with Crippen LogP contribution in [0.1, 0.15) is 31.9 Å². The fourth-order valence-corrected chi connectivity index (χ4v) is 2.64. The molecule has 1 aromatic carbocycles. The summed E-state index contributed by atoms with van der Waals surface area (Å²) in [6.07, 6.45) is 1.94. The molecule has 112 valence electrons. The zero-order chi connectivity index (χ0) is 15.3. The van der Waals surface area contributed by atoms with Crippen molar-refractivity contribution in [2.75, 3.05) is 12.9 Å². The van der Waals surface area contributed by atoms with Crippen LogP contribution in [0.2, 0.25) is 0 Å². The van der Waals surface area contributed by atoms with Crippen molar-refractivity contribution in [1.29, 1.82) is 0 Å². The Kier molecular flexibility index (Phi) is 6.08. The van der Waals surface area contributed by atoms with Crippen molar-refractivity contribution in [2.24, 2.45) is 0 Å². The Morgan fingerprint density at radius 1 is 1.35 bits per heavy atom. The molecule has 20 heavy (non-hydrogen) atoms. The second kappa shape index (κ2) is 7.14. The predicted molar refractivity (Wildman–Crippen MR) is 86.2 cm³/mol. The van der Waals surface area contributed by atoms with Gasteiger partial charge in [-0.1, -0.05) is 29.8 Å². The van der Waals surface area contributed by atoms with Crippen LogP contribution < -0.4 is 5.32 Å². The maximum Gasteiger partial charge on any atom is 0.230 e. The molecule has 0 fully saturated rings. The van der Waals surface area contributed by atoms with Crippen LogP contribution in [0.4, 0.5) is 0 Å². The SMILES string of the molecule is CSC(CO)C(C)NC(=O)C(C)(C)c1ccc(C)cc1. The number of aliphatic hydroxyl groups is 1. The van der Waals surface area contributed by atoms with E-state index in [0.29, 0.717) is 0 Å². The highest BCUT2D eigenvalue weighted by atomic mass is 32.2. The minimum absolute atomic E-state index is 0.0126. The van der Waals surface area contributed by atoms with E-state index in [0.717, 1.165) is 5.56 Å². The summed E-state index contributed by atoms with van der Waals surface area (Å²) in [4.78, 5) is 12.5. The third-order valence-electron chi connectivity index (χ3n) is 3.74. The van der Waals surface area contributed by atoms with Gasteiger partial charge < -0.3 is 10.4 Å². The topological polar surface area (TPSA) is 49.3 Å². The summed E-state index contributed by atoms with van der Waals surface area (Å²) in [5, 5.41) is 12.3. The lowest BCUT2D eigenvalue weighted by Crippen LogP contribution is -2.48. The van der Waals surface area contributed by atoms with Gasteiger partial charge in [-0.25, -0.2) is 0 Å². The van der Waals surface area contributed by atoms with E-state index < -0.39 is 5.41 Å². The number of benzene rings is 1. The van der Waals surface area contributed by atoms with Gasteiger partial charge >= 0.3 is 0 Å². The molecule has 0 saturated carbocycles. The van der Waals surface area contributed by atoms with Crippen molar-refractivity contribution in [3.05, 3.63) is 35.4 Å². The van der Waals surface area contributed by atoms with E-state index in [1.54, 1.807) is 11.8 Å². The Bertz CT molecular complexity index is 438. The Hall–Kier alpha value is -1.00. The molecule has 0 aromatic heterocycles. The fraction of sp³-hybridized carbons (Fsp3) is 0.562. The first-order valence-electron chi connectivity index (χ1n) is 6.84. The molecule has 1 aromatic rings. The van der Waals surface area contributed by atoms with Crippen molar-refractivity contribution >= 4 is 17.7 Å². The second-order valence-corrected chi connectivity index (χ2v) is 6.79. The number of thioether (sulfide) groups is 1. The standard InChI is InChI=1S/C16H25NO2S/c1-11-6-8-13(9-7-11)16(3,4)15(19)17-12(2)14(10-18)20-5/h6-9,12,14,18H,10H2,1-5H3,(H,17,19). The molecule has 0 aliphatic carbocycles. The molecule has 2 N–H and O–H groups in total. The molecule has 1 rings (SSSR count). The van der Waals surface area contributed by atoms with Gasteiger partial charge in [0.25, 0.3) is 0 Å². The minimum Gasteiger partial charge on any atom is -0.395 e. The normalized spacial score (nSPS) is 14.7. The lowest BCUT2D eigenvalue weighted by atomic mass is 9.83. The monoisotopic (exact) mass is 295 g/mol. The highest BCUT2D eigenvalue weighted by molar-refractivity contribution is 7.99. The van der Waals surface area contributed by atoms with Crippen LogP contribution in [0.15, 0.2) is 24.3 Å². The van der Waals surface area contributed by atoms with E-state index in [1.165, 1.54) is 5.56 Å². The summed E-state index contributed by atoms with van der Waals surface area (Å²) in [6, 6.07) is 7.97. The summed E-state index contributed by atoms with van der Waals surface area (Å²) in [7, 11) is 0. The van der Waals surface area contributed by atoms with Crippen LogP contribution in [-0.2, 0) is 10.2 Å². The van der Waals surface area contributed by atoms with Gasteiger partial charge in [0, 0.05) is 11.3 Å². The molecule has 0 heterocycles. The fourth-order valence-electron chi connectivity index (χ4n) is 2.02. The van der Waals surface area contributed by atoms with Gasteiger partial charge in [0.2, 0.25) is 5.91 Å². The number of hydrogen-bond donors (Lipinski definition) is 2. The highest BCUT2D eigenvalue weighted by Gasteiger charge is 2.31. The summed E-state index contributed by atoms with van der Waals surface area (Å²) >= 11 is 1.56. The zero-order valence-electron chi connectivity index (χ0n) is 12.9. The van der Waals surface area contributed by atoms with Crippen molar-refractivity contribution in [3.8, 4) is 0 Å². The average Bonchev–Trinajstić information content (AvgIpc) is 2.40. The van der Waals surface area contributed by atoms with E-state index in [4.69, 9.17) is 0 Å². The van der Waals surface area contributed by atoms with Crippen LogP contribution >= 0.6 is 11.8 Å². The van der Waals surface area contributed by atoms with E-state index in [1.807, 2.05) is 58.2 Å². The molecule has 0 aliphatic heterocycles. The van der Waals surface area contributed by atoms with Gasteiger partial charge in [-0.05, 0) is 39.5 Å². The van der Waals surface area contributed by atoms with Crippen LogP contribution in [0.5, 0.6) is 0 Å². The first kappa shape index (κ1) is 17.1. The zero-order valence-corrected chi connectivity index (χ0v) is 13.8. The molecule has 0 aliphatic rings. The number of aryl methyl sites for hydroxylation is 1. The lowest BCUT2D eigenvalue weighted by molar-refractivity contribution is -0.126. The van der Waals surface area contributed by atoms with Crippen LogP contribution in [0.25, 0.3) is 0 Å². The number of carbonyl (C=O) groups is 1. The minimum atomic E-state index is -0.583. The van der Waals surface area contributed by atoms with E-state index in [-0.39, 0.29) is 23.8 Å². The molecule has 3 nitrogen and oxygen atoms in total. The lowest BCUT2D eigenvalue weighted by Gasteiger charge is -2.29. The quantitative estimate of drug-likeness (QED) is 0.848. The maximum absolute atomic E-state index is 12.5. The molecule has 0 saturated heterocycles. The number of amides is 1. The van der Waals surface area contributed by atoms with Gasteiger partial charge in [-0.3, -0.25) is 4.79 Å². The molecule has 1 amide bonds. The molecular weight excluding hydrogens is 270 g/mol. The van der Waals surface area contributed by atoms with Gasteiger partial charge in [0.15, 0.2) is 0 Å². The smallest absolute Gasteiger partial charge is 0.230 e. The predicted octanol–water partition coefficient (Wildman–Crippen LogP) is 2.50. The average molecular weight is 295 g/mol. The Balaban J connectivity index is 2.81. The number of nitrogens with one attached hydrogen (secondary N) is 1. The molecule has 2 unspecified atom stereocenters. The third kappa shape index (κ3) is 4.00. The molecule has 2 atom stereocenters. The Morgan fingerprint density at radius 3 is 2.35 bits per heavy atom. The first-order valence-corrected chi connectivity index (χ1v) is 8.13. The number of rotatable bonds is 6. The summed E-state index contributed by atoms with van der Waals surface area (Å²) in [5.41, 5.74) is 1.60. The second-order valence-electron chi connectivity index (χ2n) is 5.71. The number of carbonyl (C=O) groups excluding carboxylic acids is 1. The molecular formula is C16H25NO2S. The van der Waals surface area contributed by atoms with Gasteiger partial charge in [0.05, 0.1) is 12.0 Å². The largest absolute Gasteiger partial charge is 0.395 e. The van der Waals surface area contributed by atoms with E-state index >= 15 is 0 Å². The van der Waals surface area contributed by atoms with Gasteiger partial charge in [0.1, 0.15) is 0 Å². The first-order chi connectivity index (χ1) is 9.32. The molecule has 0 bridgehead atoms. The summed E-state index contributed by atoms with van der Waals surface area (Å²) in [5.74, 6) is -0.0126. The maximum atomic E-state index is 12.5. The van der Waals surface area contributed by atoms with Gasteiger partial charge in [-0.15, -0.1) is 0 Å². The third-order valence-corrected chi connectivity index (χ3v) is 4.90. The van der Waals surface area contributed by atoms with Gasteiger partial charge in [-0.2, -0.15) is 11.8 Å². The van der Waals surface area contributed by atoms with Crippen LogP contribution in [0.3, 0.4) is 0 Å². The van der Waals surface area contributed by atoms with Crippen LogP contribution in [0, 0.1) is 6.92 Å². The summed E-state index contributed by atoms with van der Waals surface area (Å²) in [6.45, 7) is 7.87.